The molecule has 0 aromatic rings. The normalized spacial score (nSPS) is 24.9. The maximum absolute atomic E-state index is 3.53. The molecule has 2 heteroatoms. The SMILES string of the molecule is CCCNC[C@@H]1CCCCN1CC. The molecule has 0 aromatic carbocycles. The van der Waals surface area contributed by atoms with E-state index in [1.54, 1.807) is 0 Å². The van der Waals surface area contributed by atoms with Gasteiger partial charge in [-0.2, -0.15) is 0 Å². The van der Waals surface area contributed by atoms with Gasteiger partial charge in [-0.1, -0.05) is 20.3 Å². The summed E-state index contributed by atoms with van der Waals surface area (Å²) in [6.45, 7) is 9.41. The van der Waals surface area contributed by atoms with E-state index in [2.05, 4.69) is 24.1 Å². The lowest BCUT2D eigenvalue weighted by Crippen LogP contribution is -2.45. The van der Waals surface area contributed by atoms with Crippen molar-refractivity contribution in [1.29, 1.82) is 0 Å². The minimum atomic E-state index is 0.810. The van der Waals surface area contributed by atoms with Crippen LogP contribution in [0.4, 0.5) is 0 Å². The van der Waals surface area contributed by atoms with E-state index in [-0.39, 0.29) is 0 Å². The first-order valence-corrected chi connectivity index (χ1v) is 5.83. The molecule has 0 bridgehead atoms. The topological polar surface area (TPSA) is 15.3 Å². The van der Waals surface area contributed by atoms with Crippen LogP contribution in [0.5, 0.6) is 0 Å². The quantitative estimate of drug-likeness (QED) is 0.656. The van der Waals surface area contributed by atoms with E-state index in [0.29, 0.717) is 0 Å². The molecule has 2 nitrogen and oxygen atoms in total. The summed E-state index contributed by atoms with van der Waals surface area (Å²) in [6.07, 6.45) is 5.47. The second kappa shape index (κ2) is 6.39. The Morgan fingerprint density at radius 3 is 2.85 bits per heavy atom. The average Bonchev–Trinajstić information content (AvgIpc) is 2.19. The van der Waals surface area contributed by atoms with Crippen LogP contribution in [0, 0.1) is 0 Å². The number of likely N-dealkylation sites (tertiary alicyclic amines) is 1. The van der Waals surface area contributed by atoms with Crippen molar-refractivity contribution >= 4 is 0 Å². The van der Waals surface area contributed by atoms with E-state index in [1.807, 2.05) is 0 Å². The maximum atomic E-state index is 3.53. The number of hydrogen-bond acceptors (Lipinski definition) is 2. The van der Waals surface area contributed by atoms with Crippen LogP contribution >= 0.6 is 0 Å². The molecule has 1 atom stereocenters. The predicted octanol–water partition coefficient (Wildman–Crippen LogP) is 1.86. The third kappa shape index (κ3) is 3.65. The second-order valence-corrected chi connectivity index (χ2v) is 3.98. The van der Waals surface area contributed by atoms with Crippen LogP contribution in [-0.2, 0) is 0 Å². The molecule has 1 saturated heterocycles. The first-order valence-electron chi connectivity index (χ1n) is 5.83. The molecule has 0 amide bonds. The minimum absolute atomic E-state index is 0.810. The van der Waals surface area contributed by atoms with Gasteiger partial charge in [-0.15, -0.1) is 0 Å². The molecule has 78 valence electrons. The van der Waals surface area contributed by atoms with Crippen LogP contribution in [0.2, 0.25) is 0 Å². The highest BCUT2D eigenvalue weighted by molar-refractivity contribution is 4.77. The van der Waals surface area contributed by atoms with Gasteiger partial charge in [0.05, 0.1) is 0 Å². The van der Waals surface area contributed by atoms with Crippen molar-refractivity contribution in [2.45, 2.75) is 45.6 Å². The van der Waals surface area contributed by atoms with Crippen LogP contribution in [0.15, 0.2) is 0 Å². The van der Waals surface area contributed by atoms with Crippen molar-refractivity contribution in [3.8, 4) is 0 Å². The van der Waals surface area contributed by atoms with E-state index >= 15 is 0 Å². The number of likely N-dealkylation sites (N-methyl/N-ethyl adjacent to an activating group) is 1. The summed E-state index contributed by atoms with van der Waals surface area (Å²) in [5.41, 5.74) is 0. The zero-order valence-electron chi connectivity index (χ0n) is 9.18. The smallest absolute Gasteiger partial charge is 0.0220 e. The minimum Gasteiger partial charge on any atom is -0.315 e. The van der Waals surface area contributed by atoms with Gasteiger partial charge in [0.2, 0.25) is 0 Å². The molecule has 0 radical (unpaired) electrons. The molecular weight excluding hydrogens is 160 g/mol. The Labute approximate surface area is 82.7 Å². The Hall–Kier alpha value is -0.0800. The Morgan fingerprint density at radius 1 is 1.31 bits per heavy atom. The van der Waals surface area contributed by atoms with Crippen molar-refractivity contribution in [2.24, 2.45) is 0 Å². The number of hydrogen-bond donors (Lipinski definition) is 1. The molecule has 0 saturated carbocycles. The molecular formula is C11H24N2. The van der Waals surface area contributed by atoms with Gasteiger partial charge in [0, 0.05) is 12.6 Å². The number of piperidine rings is 1. The summed E-state index contributed by atoms with van der Waals surface area (Å²) in [4.78, 5) is 2.62. The zero-order chi connectivity index (χ0) is 9.52. The fraction of sp³-hybridized carbons (Fsp3) is 1.00. The van der Waals surface area contributed by atoms with Gasteiger partial charge >= 0.3 is 0 Å². The summed E-state index contributed by atoms with van der Waals surface area (Å²) in [5.74, 6) is 0. The van der Waals surface area contributed by atoms with Crippen LogP contribution in [0.3, 0.4) is 0 Å². The van der Waals surface area contributed by atoms with Gasteiger partial charge in [0.15, 0.2) is 0 Å². The number of nitrogens with one attached hydrogen (secondary N) is 1. The zero-order valence-corrected chi connectivity index (χ0v) is 9.18. The van der Waals surface area contributed by atoms with Gasteiger partial charge in [0.25, 0.3) is 0 Å². The molecule has 1 rings (SSSR count). The van der Waals surface area contributed by atoms with Crippen LogP contribution in [0.1, 0.15) is 39.5 Å². The Kier molecular flexibility index (Phi) is 5.40. The van der Waals surface area contributed by atoms with E-state index < -0.39 is 0 Å². The van der Waals surface area contributed by atoms with Gasteiger partial charge in [0.1, 0.15) is 0 Å². The average molecular weight is 184 g/mol. The van der Waals surface area contributed by atoms with Crippen LogP contribution in [-0.4, -0.2) is 37.1 Å². The molecule has 0 unspecified atom stereocenters. The van der Waals surface area contributed by atoms with Crippen molar-refractivity contribution in [2.75, 3.05) is 26.2 Å². The van der Waals surface area contributed by atoms with Gasteiger partial charge < -0.3 is 5.32 Å². The second-order valence-electron chi connectivity index (χ2n) is 3.98. The first kappa shape index (κ1) is 11.0. The Morgan fingerprint density at radius 2 is 2.15 bits per heavy atom. The number of nitrogens with zero attached hydrogens (tertiary/aromatic N) is 1. The van der Waals surface area contributed by atoms with Gasteiger partial charge in [-0.25, -0.2) is 0 Å². The largest absolute Gasteiger partial charge is 0.315 e. The van der Waals surface area contributed by atoms with E-state index in [9.17, 15) is 0 Å². The maximum Gasteiger partial charge on any atom is 0.0220 e. The highest BCUT2D eigenvalue weighted by atomic mass is 15.2. The molecule has 1 aliphatic heterocycles. The van der Waals surface area contributed by atoms with Gasteiger partial charge in [-0.05, 0) is 38.9 Å². The number of rotatable bonds is 5. The lowest BCUT2D eigenvalue weighted by atomic mass is 10.0. The fourth-order valence-corrected chi connectivity index (χ4v) is 2.15. The first-order chi connectivity index (χ1) is 6.38. The van der Waals surface area contributed by atoms with E-state index in [0.717, 1.165) is 6.04 Å². The van der Waals surface area contributed by atoms with Gasteiger partial charge in [-0.3, -0.25) is 4.90 Å². The van der Waals surface area contributed by atoms with E-state index in [4.69, 9.17) is 0 Å². The molecule has 1 N–H and O–H groups in total. The summed E-state index contributed by atoms with van der Waals surface area (Å²) in [5, 5.41) is 3.53. The molecule has 1 aliphatic rings. The standard InChI is InChI=1S/C11H24N2/c1-3-8-12-10-11-7-5-6-9-13(11)4-2/h11-12H,3-10H2,1-2H3/t11-/m0/s1. The Bertz CT molecular complexity index is 125. The Balaban J connectivity index is 2.19. The molecule has 0 spiro atoms. The molecule has 1 heterocycles. The molecule has 0 aliphatic carbocycles. The molecule has 13 heavy (non-hydrogen) atoms. The summed E-state index contributed by atoms with van der Waals surface area (Å²) in [6, 6.07) is 0.810. The van der Waals surface area contributed by atoms with Crippen molar-refractivity contribution in [1.82, 2.24) is 10.2 Å². The lowest BCUT2D eigenvalue weighted by Gasteiger charge is -2.35. The third-order valence-corrected chi connectivity index (χ3v) is 2.96. The molecule has 0 aromatic heterocycles. The fourth-order valence-electron chi connectivity index (χ4n) is 2.15. The van der Waals surface area contributed by atoms with Crippen LogP contribution in [0.25, 0.3) is 0 Å². The summed E-state index contributed by atoms with van der Waals surface area (Å²) < 4.78 is 0. The van der Waals surface area contributed by atoms with Crippen molar-refractivity contribution in [3.63, 3.8) is 0 Å². The van der Waals surface area contributed by atoms with Crippen LogP contribution < -0.4 is 5.32 Å². The summed E-state index contributed by atoms with van der Waals surface area (Å²) in [7, 11) is 0. The monoisotopic (exact) mass is 184 g/mol. The van der Waals surface area contributed by atoms with Crippen molar-refractivity contribution in [3.05, 3.63) is 0 Å². The predicted molar refractivity (Wildman–Crippen MR) is 58.0 cm³/mol. The van der Waals surface area contributed by atoms with Crippen molar-refractivity contribution < 1.29 is 0 Å². The summed E-state index contributed by atoms with van der Waals surface area (Å²) >= 11 is 0. The van der Waals surface area contributed by atoms with E-state index in [1.165, 1.54) is 51.9 Å². The third-order valence-electron chi connectivity index (χ3n) is 2.96. The molecule has 1 fully saturated rings. The highest BCUT2D eigenvalue weighted by Gasteiger charge is 2.19. The lowest BCUT2D eigenvalue weighted by molar-refractivity contribution is 0.153. The highest BCUT2D eigenvalue weighted by Crippen LogP contribution is 2.15.